The summed E-state index contributed by atoms with van der Waals surface area (Å²) in [5.41, 5.74) is 0. The number of halogens is 3. The molecule has 0 aliphatic carbocycles. The maximum absolute atomic E-state index is 11.9. The van der Waals surface area contributed by atoms with E-state index in [1.165, 1.54) is 23.9 Å². The molecule has 6 heteroatoms. The Morgan fingerprint density at radius 2 is 2.00 bits per heavy atom. The van der Waals surface area contributed by atoms with Crippen molar-refractivity contribution in [3.63, 3.8) is 0 Å². The van der Waals surface area contributed by atoms with E-state index in [-0.39, 0.29) is 10.6 Å². The Kier molecular flexibility index (Phi) is 3.60. The second-order valence-electron chi connectivity index (χ2n) is 2.35. The molecule has 0 spiro atoms. The summed E-state index contributed by atoms with van der Waals surface area (Å²) < 4.78 is 39.5. The van der Waals surface area contributed by atoms with Gasteiger partial charge in [-0.2, -0.15) is 0 Å². The van der Waals surface area contributed by atoms with Crippen LogP contribution < -0.4 is 4.74 Å². The van der Waals surface area contributed by atoms with Crippen LogP contribution in [0.5, 0.6) is 5.75 Å². The van der Waals surface area contributed by atoms with Crippen LogP contribution in [0.2, 0.25) is 0 Å². The van der Waals surface area contributed by atoms with E-state index in [0.717, 1.165) is 0 Å². The van der Waals surface area contributed by atoms with Gasteiger partial charge in [-0.15, -0.1) is 37.6 Å². The van der Waals surface area contributed by atoms with Crippen molar-refractivity contribution in [3.05, 3.63) is 18.2 Å². The van der Waals surface area contributed by atoms with E-state index in [1.54, 1.807) is 12.3 Å². The number of ether oxygens (including phenoxy) is 1. The molecule has 0 heterocycles. The van der Waals surface area contributed by atoms with Gasteiger partial charge in [-0.3, -0.25) is 0 Å². The zero-order valence-electron chi connectivity index (χ0n) is 7.13. The minimum absolute atomic E-state index is 0.206. The normalized spacial score (nSPS) is 11.5. The number of thioether (sulfide) groups is 1. The summed E-state index contributed by atoms with van der Waals surface area (Å²) in [4.78, 5) is 0.854. The lowest BCUT2D eigenvalue weighted by atomic mass is 10.3. The van der Waals surface area contributed by atoms with Gasteiger partial charge in [-0.1, -0.05) is 6.07 Å². The highest BCUT2D eigenvalue weighted by molar-refractivity contribution is 7.99. The predicted octanol–water partition coefficient (Wildman–Crippen LogP) is 3.60. The molecule has 0 amide bonds. The third-order valence-corrected chi connectivity index (χ3v) is 2.80. The van der Waals surface area contributed by atoms with E-state index in [1.807, 2.05) is 0 Å². The van der Waals surface area contributed by atoms with Crippen LogP contribution in [-0.4, -0.2) is 12.6 Å². The van der Waals surface area contributed by atoms with Crippen molar-refractivity contribution in [1.29, 1.82) is 0 Å². The van der Waals surface area contributed by atoms with Crippen molar-refractivity contribution in [2.24, 2.45) is 0 Å². The van der Waals surface area contributed by atoms with Crippen LogP contribution in [-0.2, 0) is 0 Å². The van der Waals surface area contributed by atoms with Gasteiger partial charge in [0.25, 0.3) is 0 Å². The fourth-order valence-electron chi connectivity index (χ4n) is 0.874. The quantitative estimate of drug-likeness (QED) is 0.624. The van der Waals surface area contributed by atoms with Gasteiger partial charge in [0, 0.05) is 4.90 Å². The lowest BCUT2D eigenvalue weighted by Crippen LogP contribution is -2.17. The molecule has 0 fully saturated rings. The smallest absolute Gasteiger partial charge is 0.405 e. The van der Waals surface area contributed by atoms with E-state index >= 15 is 0 Å². The van der Waals surface area contributed by atoms with Gasteiger partial charge in [-0.25, -0.2) is 0 Å². The lowest BCUT2D eigenvalue weighted by molar-refractivity contribution is -0.275. The van der Waals surface area contributed by atoms with Crippen LogP contribution in [0.3, 0.4) is 0 Å². The Labute approximate surface area is 89.0 Å². The fourth-order valence-corrected chi connectivity index (χ4v) is 1.85. The van der Waals surface area contributed by atoms with Gasteiger partial charge in [-0.05, 0) is 18.4 Å². The highest BCUT2D eigenvalue weighted by Gasteiger charge is 2.32. The van der Waals surface area contributed by atoms with E-state index in [9.17, 15) is 13.2 Å². The Morgan fingerprint density at radius 1 is 1.36 bits per heavy atom. The average Bonchev–Trinajstić information content (AvgIpc) is 2.06. The second kappa shape index (κ2) is 4.35. The van der Waals surface area contributed by atoms with Gasteiger partial charge < -0.3 is 4.74 Å². The zero-order valence-corrected chi connectivity index (χ0v) is 8.84. The van der Waals surface area contributed by atoms with E-state index < -0.39 is 6.36 Å². The molecule has 0 aliphatic heterocycles. The standard InChI is InChI=1S/C8H7F3OS2/c1-14-6-4-2-3-5(7(6)13)12-8(9,10)11/h2-4,13H,1H3. The van der Waals surface area contributed by atoms with Gasteiger partial charge in [0.05, 0.1) is 4.90 Å². The van der Waals surface area contributed by atoms with E-state index in [2.05, 4.69) is 17.4 Å². The largest absolute Gasteiger partial charge is 0.573 e. The molecular formula is C8H7F3OS2. The Morgan fingerprint density at radius 3 is 2.50 bits per heavy atom. The topological polar surface area (TPSA) is 9.23 Å². The van der Waals surface area contributed by atoms with E-state index in [0.29, 0.717) is 4.90 Å². The first-order chi connectivity index (χ1) is 6.44. The molecule has 0 saturated heterocycles. The molecule has 0 N–H and O–H groups in total. The number of alkyl halides is 3. The van der Waals surface area contributed by atoms with Gasteiger partial charge in [0.2, 0.25) is 0 Å². The molecule has 0 bridgehead atoms. The Balaban J connectivity index is 2.98. The molecular weight excluding hydrogens is 233 g/mol. The molecule has 78 valence electrons. The number of hydrogen-bond acceptors (Lipinski definition) is 3. The van der Waals surface area contributed by atoms with Crippen LogP contribution in [0.1, 0.15) is 0 Å². The summed E-state index contributed by atoms with van der Waals surface area (Å²) in [5.74, 6) is -0.271. The SMILES string of the molecule is CSc1cccc(OC(F)(F)F)c1S. The highest BCUT2D eigenvalue weighted by Crippen LogP contribution is 2.34. The van der Waals surface area contributed by atoms with Crippen molar-refractivity contribution >= 4 is 24.4 Å². The number of thiol groups is 1. The van der Waals surface area contributed by atoms with Crippen molar-refractivity contribution in [3.8, 4) is 5.75 Å². The monoisotopic (exact) mass is 240 g/mol. The van der Waals surface area contributed by atoms with Crippen molar-refractivity contribution in [2.75, 3.05) is 6.26 Å². The predicted molar refractivity (Wildman–Crippen MR) is 52.2 cm³/mol. The Bertz CT molecular complexity index is 325. The number of benzene rings is 1. The lowest BCUT2D eigenvalue weighted by Gasteiger charge is -2.12. The van der Waals surface area contributed by atoms with Gasteiger partial charge >= 0.3 is 6.36 Å². The molecule has 1 nitrogen and oxygen atoms in total. The van der Waals surface area contributed by atoms with Crippen molar-refractivity contribution in [1.82, 2.24) is 0 Å². The van der Waals surface area contributed by atoms with Crippen LogP contribution in [0.4, 0.5) is 13.2 Å². The third kappa shape index (κ3) is 3.02. The van der Waals surface area contributed by atoms with Gasteiger partial charge in [0.1, 0.15) is 5.75 Å². The first-order valence-corrected chi connectivity index (χ1v) is 5.23. The van der Waals surface area contributed by atoms with Gasteiger partial charge in [0.15, 0.2) is 0 Å². The van der Waals surface area contributed by atoms with Crippen LogP contribution in [0.15, 0.2) is 28.0 Å². The molecule has 14 heavy (non-hydrogen) atoms. The zero-order chi connectivity index (χ0) is 10.8. The molecule has 1 aromatic carbocycles. The summed E-state index contributed by atoms with van der Waals surface area (Å²) >= 11 is 5.27. The van der Waals surface area contributed by atoms with E-state index in [4.69, 9.17) is 0 Å². The summed E-state index contributed by atoms with van der Waals surface area (Å²) in [7, 11) is 0. The fraction of sp³-hybridized carbons (Fsp3) is 0.250. The second-order valence-corrected chi connectivity index (χ2v) is 3.65. The summed E-state index contributed by atoms with van der Waals surface area (Å²) in [6, 6.07) is 4.40. The maximum atomic E-state index is 11.9. The summed E-state index contributed by atoms with van der Waals surface area (Å²) in [6.45, 7) is 0. The first-order valence-electron chi connectivity index (χ1n) is 3.56. The van der Waals surface area contributed by atoms with Crippen molar-refractivity contribution < 1.29 is 17.9 Å². The minimum Gasteiger partial charge on any atom is -0.405 e. The summed E-state index contributed by atoms with van der Waals surface area (Å²) in [6.07, 6.45) is -2.92. The molecule has 1 aromatic rings. The minimum atomic E-state index is -4.67. The van der Waals surface area contributed by atoms with Crippen LogP contribution in [0, 0.1) is 0 Å². The highest BCUT2D eigenvalue weighted by atomic mass is 32.2. The van der Waals surface area contributed by atoms with Crippen molar-refractivity contribution in [2.45, 2.75) is 16.2 Å². The summed E-state index contributed by atoms with van der Waals surface area (Å²) in [5, 5.41) is 0. The molecule has 0 radical (unpaired) electrons. The number of rotatable bonds is 2. The molecule has 0 atom stereocenters. The molecule has 0 saturated carbocycles. The van der Waals surface area contributed by atoms with Crippen LogP contribution >= 0.6 is 24.4 Å². The number of hydrogen-bond donors (Lipinski definition) is 1. The molecule has 0 aromatic heterocycles. The Hall–Kier alpha value is -0.490. The van der Waals surface area contributed by atoms with Crippen LogP contribution in [0.25, 0.3) is 0 Å². The molecule has 1 rings (SSSR count). The third-order valence-electron chi connectivity index (χ3n) is 1.41. The molecule has 0 unspecified atom stereocenters. The molecule has 0 aliphatic rings. The average molecular weight is 240 g/mol. The first kappa shape index (κ1) is 11.6. The maximum Gasteiger partial charge on any atom is 0.573 e.